The number of hydrogen-bond acceptors (Lipinski definition) is 7. The van der Waals surface area contributed by atoms with Crippen molar-refractivity contribution in [2.24, 2.45) is 5.73 Å². The number of fused-ring (bicyclic) bond motifs is 3. The quantitative estimate of drug-likeness (QED) is 0.420. The lowest BCUT2D eigenvalue weighted by atomic mass is 9.92. The van der Waals surface area contributed by atoms with Gasteiger partial charge >= 0.3 is 0 Å². The summed E-state index contributed by atoms with van der Waals surface area (Å²) in [7, 11) is -3.81. The van der Waals surface area contributed by atoms with Crippen molar-refractivity contribution in [3.63, 3.8) is 0 Å². The number of sulfone groups is 1. The number of nitrogens with zero attached hydrogens (tertiary/aromatic N) is 1. The third kappa shape index (κ3) is 4.39. The second kappa shape index (κ2) is 9.63. The average Bonchev–Trinajstić information content (AvgIpc) is 3.58. The molecule has 1 aliphatic carbocycles. The first-order chi connectivity index (χ1) is 18.0. The number of halogens is 1. The summed E-state index contributed by atoms with van der Waals surface area (Å²) >= 11 is 1.13. The molecule has 5 rings (SSSR count). The molecule has 0 fully saturated rings. The highest BCUT2D eigenvalue weighted by Crippen LogP contribution is 2.44. The molecule has 2 aromatic heterocycles. The Balaban J connectivity index is 1.85. The van der Waals surface area contributed by atoms with Crippen LogP contribution in [0.2, 0.25) is 0 Å². The number of primary amides is 1. The van der Waals surface area contributed by atoms with Gasteiger partial charge in [0.2, 0.25) is 0 Å². The standard InChI is InChI=1S/C27H25FN2O6S2/c1-14(2)38(34,35)13-21(32)25-23(17-5-3-4-6-20(17)31)24-19(10-18(28)16-7-8-36-26(16)24)30(25)11-15-9-22(27(29)33)37-12-15/h3-5,9-10,12,14H,6-8,11,13H2,1-2H3,(H2,29,33). The molecule has 0 saturated carbocycles. The molecule has 11 heteroatoms. The van der Waals surface area contributed by atoms with Gasteiger partial charge in [-0.25, -0.2) is 12.8 Å². The first kappa shape index (κ1) is 26.1. The lowest BCUT2D eigenvalue weighted by molar-refractivity contribution is -0.113. The first-order valence-corrected chi connectivity index (χ1v) is 14.6. The summed E-state index contributed by atoms with van der Waals surface area (Å²) in [6, 6.07) is 2.87. The zero-order valence-electron chi connectivity index (χ0n) is 20.7. The van der Waals surface area contributed by atoms with E-state index < -0.39 is 38.3 Å². The number of allylic oxidation sites excluding steroid dienone is 4. The maximum Gasteiger partial charge on any atom is 0.258 e. The van der Waals surface area contributed by atoms with Crippen LogP contribution in [0.25, 0.3) is 16.5 Å². The first-order valence-electron chi connectivity index (χ1n) is 12.0. The van der Waals surface area contributed by atoms with Crippen LogP contribution >= 0.6 is 11.3 Å². The number of aromatic nitrogens is 1. The van der Waals surface area contributed by atoms with Crippen molar-refractivity contribution in [1.82, 2.24) is 4.57 Å². The predicted octanol–water partition coefficient (Wildman–Crippen LogP) is 3.84. The Morgan fingerprint density at radius 2 is 2.03 bits per heavy atom. The van der Waals surface area contributed by atoms with Gasteiger partial charge in [0.25, 0.3) is 5.91 Å². The smallest absolute Gasteiger partial charge is 0.258 e. The van der Waals surface area contributed by atoms with Crippen LogP contribution < -0.4 is 10.5 Å². The molecule has 0 spiro atoms. The Hall–Kier alpha value is -3.57. The fourth-order valence-electron chi connectivity index (χ4n) is 4.80. The van der Waals surface area contributed by atoms with Crippen molar-refractivity contribution in [3.05, 3.63) is 68.8 Å². The number of ketones is 2. The topological polar surface area (TPSA) is 126 Å². The summed E-state index contributed by atoms with van der Waals surface area (Å²) in [5, 5.41) is 1.29. The van der Waals surface area contributed by atoms with Crippen LogP contribution in [0.5, 0.6) is 5.75 Å². The van der Waals surface area contributed by atoms with Crippen LogP contribution in [-0.2, 0) is 27.6 Å². The van der Waals surface area contributed by atoms with Crippen LogP contribution in [0.15, 0.2) is 35.7 Å². The van der Waals surface area contributed by atoms with Crippen LogP contribution in [0.4, 0.5) is 4.39 Å². The molecule has 38 heavy (non-hydrogen) atoms. The van der Waals surface area contributed by atoms with Crippen molar-refractivity contribution in [1.29, 1.82) is 0 Å². The van der Waals surface area contributed by atoms with E-state index >= 15 is 4.39 Å². The second-order valence-corrected chi connectivity index (χ2v) is 13.0. The molecule has 2 aliphatic rings. The Kier molecular flexibility index (Phi) is 6.60. The molecule has 8 nitrogen and oxygen atoms in total. The maximum atomic E-state index is 15.3. The molecule has 0 radical (unpaired) electrons. The highest BCUT2D eigenvalue weighted by Gasteiger charge is 2.35. The van der Waals surface area contributed by atoms with E-state index in [1.807, 2.05) is 0 Å². The minimum absolute atomic E-state index is 0.0125. The summed E-state index contributed by atoms with van der Waals surface area (Å²) in [5.74, 6) is -2.63. The molecule has 3 aromatic rings. The number of carbonyl (C=O) groups is 3. The Labute approximate surface area is 222 Å². The van der Waals surface area contributed by atoms with Gasteiger partial charge in [0.1, 0.15) is 17.3 Å². The Bertz CT molecular complexity index is 1690. The number of benzene rings is 1. The maximum absolute atomic E-state index is 15.3. The minimum atomic E-state index is -3.81. The molecule has 0 saturated heterocycles. The van der Waals surface area contributed by atoms with Crippen molar-refractivity contribution >= 4 is 55.1 Å². The fraction of sp³-hybridized carbons (Fsp3) is 0.296. The van der Waals surface area contributed by atoms with Gasteiger partial charge in [-0.15, -0.1) is 11.3 Å². The van der Waals surface area contributed by atoms with Crippen LogP contribution in [-0.4, -0.2) is 48.1 Å². The SMILES string of the molecule is CC(C)S(=O)(=O)CC(=O)c1c(C2=CC=CCC2=O)c2c3c(c(F)cc2n1Cc1csc(C(N)=O)c1)CCO3. The number of thiophene rings is 1. The van der Waals surface area contributed by atoms with Gasteiger partial charge in [-0.1, -0.05) is 18.2 Å². The van der Waals surface area contributed by atoms with Gasteiger partial charge in [0.05, 0.1) is 33.3 Å². The molecule has 1 amide bonds. The summed E-state index contributed by atoms with van der Waals surface area (Å²) in [6.07, 6.45) is 5.40. The van der Waals surface area contributed by atoms with Gasteiger partial charge in [-0.3, -0.25) is 14.4 Å². The number of Topliss-reactive ketones (excluding diaryl/α,β-unsaturated/α-hetero) is 2. The Morgan fingerprint density at radius 3 is 2.68 bits per heavy atom. The van der Waals surface area contributed by atoms with Gasteiger partial charge in [0.15, 0.2) is 21.4 Å². The van der Waals surface area contributed by atoms with E-state index in [2.05, 4.69) is 0 Å². The van der Waals surface area contributed by atoms with Gasteiger partial charge < -0.3 is 15.0 Å². The molecule has 198 valence electrons. The number of rotatable bonds is 8. The Morgan fingerprint density at radius 1 is 1.26 bits per heavy atom. The summed E-state index contributed by atoms with van der Waals surface area (Å²) in [6.45, 7) is 3.23. The highest BCUT2D eigenvalue weighted by atomic mass is 32.2. The third-order valence-corrected chi connectivity index (χ3v) is 9.87. The van der Waals surface area contributed by atoms with Crippen LogP contribution in [0.1, 0.15) is 57.1 Å². The number of hydrogen-bond donors (Lipinski definition) is 1. The zero-order valence-corrected chi connectivity index (χ0v) is 22.4. The summed E-state index contributed by atoms with van der Waals surface area (Å²) in [5.41, 5.74) is 7.10. The molecule has 1 aromatic carbocycles. The van der Waals surface area contributed by atoms with Crippen molar-refractivity contribution in [3.8, 4) is 5.75 Å². The molecular weight excluding hydrogens is 531 g/mol. The monoisotopic (exact) mass is 556 g/mol. The summed E-state index contributed by atoms with van der Waals surface area (Å²) in [4.78, 5) is 38.9. The molecule has 2 N–H and O–H groups in total. The van der Waals surface area contributed by atoms with Gasteiger partial charge in [-0.05, 0) is 36.9 Å². The van der Waals surface area contributed by atoms with Crippen molar-refractivity contribution in [2.45, 2.75) is 38.5 Å². The van der Waals surface area contributed by atoms with Gasteiger partial charge in [-0.2, -0.15) is 0 Å². The van der Waals surface area contributed by atoms with E-state index in [0.717, 1.165) is 11.3 Å². The highest BCUT2D eigenvalue weighted by molar-refractivity contribution is 7.92. The van der Waals surface area contributed by atoms with E-state index in [1.165, 1.54) is 24.5 Å². The third-order valence-electron chi connectivity index (χ3n) is 6.78. The minimum Gasteiger partial charge on any atom is -0.492 e. The van der Waals surface area contributed by atoms with E-state index in [0.29, 0.717) is 33.3 Å². The average molecular weight is 557 g/mol. The lowest BCUT2D eigenvalue weighted by Crippen LogP contribution is -2.26. The van der Waals surface area contributed by atoms with Crippen molar-refractivity contribution in [2.75, 3.05) is 12.4 Å². The van der Waals surface area contributed by atoms with E-state index in [9.17, 15) is 22.8 Å². The summed E-state index contributed by atoms with van der Waals surface area (Å²) < 4.78 is 48.2. The predicted molar refractivity (Wildman–Crippen MR) is 143 cm³/mol. The van der Waals surface area contributed by atoms with Crippen LogP contribution in [0, 0.1) is 5.82 Å². The number of carbonyl (C=O) groups excluding carboxylic acids is 3. The number of amides is 1. The zero-order chi connectivity index (χ0) is 27.4. The van der Waals surface area contributed by atoms with E-state index in [1.54, 1.807) is 29.7 Å². The second-order valence-electron chi connectivity index (χ2n) is 9.57. The van der Waals surface area contributed by atoms with Crippen LogP contribution in [0.3, 0.4) is 0 Å². The molecule has 0 bridgehead atoms. The van der Waals surface area contributed by atoms with E-state index in [-0.39, 0.29) is 47.9 Å². The molecule has 0 atom stereocenters. The largest absolute Gasteiger partial charge is 0.492 e. The number of nitrogens with two attached hydrogens (primary N) is 1. The molecule has 1 aliphatic heterocycles. The van der Waals surface area contributed by atoms with Gasteiger partial charge in [0, 0.05) is 36.1 Å². The number of ether oxygens (including phenoxy) is 1. The van der Waals surface area contributed by atoms with E-state index in [4.69, 9.17) is 10.5 Å². The fourth-order valence-corrected chi connectivity index (χ4v) is 6.39. The normalized spacial score (nSPS) is 15.2. The van der Waals surface area contributed by atoms with Crippen molar-refractivity contribution < 1.29 is 31.9 Å². The lowest BCUT2D eigenvalue weighted by Gasteiger charge is -2.14. The molecular formula is C27H25FN2O6S2. The molecule has 3 heterocycles. The molecule has 0 unspecified atom stereocenters.